The minimum Gasteiger partial charge on any atom is -0.496 e. The molecule has 0 saturated carbocycles. The molecule has 2 aromatic rings. The van der Waals surface area contributed by atoms with E-state index in [1.807, 2.05) is 41.3 Å². The first kappa shape index (κ1) is 17.9. The van der Waals surface area contributed by atoms with E-state index in [1.165, 1.54) is 11.1 Å². The first-order valence-corrected chi connectivity index (χ1v) is 9.54. The molecule has 1 amide bonds. The van der Waals surface area contributed by atoms with Crippen molar-refractivity contribution in [2.24, 2.45) is 0 Å². The molecule has 0 bridgehead atoms. The van der Waals surface area contributed by atoms with Gasteiger partial charge in [0.1, 0.15) is 11.4 Å². The molecular formula is C22H26N2O3. The molecule has 0 unspecified atom stereocenters. The summed E-state index contributed by atoms with van der Waals surface area (Å²) in [7, 11) is 1.71. The van der Waals surface area contributed by atoms with E-state index in [-0.39, 0.29) is 11.5 Å². The van der Waals surface area contributed by atoms with Crippen LogP contribution in [-0.2, 0) is 28.0 Å². The van der Waals surface area contributed by atoms with E-state index in [0.717, 1.165) is 37.2 Å². The van der Waals surface area contributed by atoms with Crippen molar-refractivity contribution >= 4 is 11.6 Å². The zero-order chi connectivity index (χ0) is 18.9. The zero-order valence-corrected chi connectivity index (χ0v) is 15.7. The molecule has 0 aromatic heterocycles. The number of amides is 1. The number of hydrogen-bond acceptors (Lipinski definition) is 4. The van der Waals surface area contributed by atoms with Gasteiger partial charge >= 0.3 is 0 Å². The largest absolute Gasteiger partial charge is 0.496 e. The smallest absolute Gasteiger partial charge is 0.226 e. The Hall–Kier alpha value is -2.53. The van der Waals surface area contributed by atoms with Crippen molar-refractivity contribution in [2.45, 2.75) is 31.3 Å². The minimum absolute atomic E-state index is 0.158. The average Bonchev–Trinajstić information content (AvgIpc) is 2.70. The summed E-state index contributed by atoms with van der Waals surface area (Å²) in [6, 6.07) is 13.7. The molecule has 0 radical (unpaired) electrons. The molecule has 1 saturated heterocycles. The van der Waals surface area contributed by atoms with Gasteiger partial charge in [0, 0.05) is 24.3 Å². The monoisotopic (exact) mass is 366 g/mol. The van der Waals surface area contributed by atoms with E-state index in [1.54, 1.807) is 7.11 Å². The fraction of sp³-hybridized carbons (Fsp3) is 0.409. The molecule has 27 heavy (non-hydrogen) atoms. The number of piperidine rings is 1. The van der Waals surface area contributed by atoms with Crippen molar-refractivity contribution in [3.8, 4) is 5.75 Å². The maximum atomic E-state index is 12.7. The maximum absolute atomic E-state index is 12.7. The van der Waals surface area contributed by atoms with Gasteiger partial charge in [-0.2, -0.15) is 0 Å². The van der Waals surface area contributed by atoms with Crippen LogP contribution in [-0.4, -0.2) is 37.6 Å². The van der Waals surface area contributed by atoms with Gasteiger partial charge in [0.2, 0.25) is 5.91 Å². The van der Waals surface area contributed by atoms with Crippen LogP contribution in [0.4, 0.5) is 5.69 Å². The molecular weight excluding hydrogens is 340 g/mol. The first-order valence-electron chi connectivity index (χ1n) is 9.54. The van der Waals surface area contributed by atoms with Crippen LogP contribution in [0.3, 0.4) is 0 Å². The van der Waals surface area contributed by atoms with Gasteiger partial charge in [-0.3, -0.25) is 4.79 Å². The number of methoxy groups -OCH3 is 1. The predicted molar refractivity (Wildman–Crippen MR) is 105 cm³/mol. The highest BCUT2D eigenvalue weighted by Crippen LogP contribution is 2.45. The minimum atomic E-state index is -0.335. The van der Waals surface area contributed by atoms with Crippen LogP contribution in [0.15, 0.2) is 42.5 Å². The van der Waals surface area contributed by atoms with Crippen molar-refractivity contribution in [3.05, 3.63) is 59.2 Å². The van der Waals surface area contributed by atoms with Gasteiger partial charge in [0.05, 0.1) is 20.1 Å². The van der Waals surface area contributed by atoms with E-state index < -0.39 is 0 Å². The maximum Gasteiger partial charge on any atom is 0.226 e. The van der Waals surface area contributed by atoms with Crippen LogP contribution in [0, 0.1) is 0 Å². The van der Waals surface area contributed by atoms with E-state index in [4.69, 9.17) is 15.2 Å². The fourth-order valence-corrected chi connectivity index (χ4v) is 4.33. The summed E-state index contributed by atoms with van der Waals surface area (Å²) in [5.74, 6) is 1.06. The van der Waals surface area contributed by atoms with Crippen molar-refractivity contribution in [2.75, 3.05) is 32.5 Å². The third kappa shape index (κ3) is 3.39. The third-order valence-corrected chi connectivity index (χ3v) is 5.80. The Bertz CT molecular complexity index is 810. The highest BCUT2D eigenvalue weighted by atomic mass is 16.5. The highest BCUT2D eigenvalue weighted by molar-refractivity contribution is 5.79. The molecule has 4 rings (SSSR count). The number of nitrogens with two attached hydrogens (primary N) is 1. The van der Waals surface area contributed by atoms with Gasteiger partial charge in [-0.05, 0) is 48.6 Å². The summed E-state index contributed by atoms with van der Waals surface area (Å²) in [5, 5.41) is 0. The molecule has 2 N–H and O–H groups in total. The number of anilines is 1. The van der Waals surface area contributed by atoms with Crippen LogP contribution in [0.25, 0.3) is 0 Å². The second-order valence-electron chi connectivity index (χ2n) is 7.39. The number of ether oxygens (including phenoxy) is 2. The molecule has 2 aliphatic rings. The quantitative estimate of drug-likeness (QED) is 0.849. The van der Waals surface area contributed by atoms with Gasteiger partial charge in [-0.15, -0.1) is 0 Å². The number of benzene rings is 2. The molecule has 2 heterocycles. The van der Waals surface area contributed by atoms with Gasteiger partial charge in [0.25, 0.3) is 0 Å². The Morgan fingerprint density at radius 1 is 1.19 bits per heavy atom. The second kappa shape index (κ2) is 7.24. The molecule has 0 atom stereocenters. The van der Waals surface area contributed by atoms with Crippen LogP contribution in [0.2, 0.25) is 0 Å². The Labute approximate surface area is 160 Å². The van der Waals surface area contributed by atoms with Gasteiger partial charge in [0.15, 0.2) is 0 Å². The van der Waals surface area contributed by atoms with Crippen LogP contribution >= 0.6 is 0 Å². The molecule has 1 fully saturated rings. The number of nitrogens with zero attached hydrogens (tertiary/aromatic N) is 1. The molecule has 1 spiro atoms. The van der Waals surface area contributed by atoms with Gasteiger partial charge in [-0.1, -0.05) is 24.3 Å². The lowest BCUT2D eigenvalue weighted by Crippen LogP contribution is -2.48. The van der Waals surface area contributed by atoms with E-state index in [0.29, 0.717) is 25.2 Å². The Balaban J connectivity index is 1.48. The van der Waals surface area contributed by atoms with Crippen molar-refractivity contribution in [1.29, 1.82) is 0 Å². The molecule has 5 heteroatoms. The predicted octanol–water partition coefficient (Wildman–Crippen LogP) is 2.91. The lowest BCUT2D eigenvalue weighted by molar-refractivity contribution is -0.140. The number of carbonyl (C=O) groups is 1. The molecule has 5 nitrogen and oxygen atoms in total. The van der Waals surface area contributed by atoms with Crippen molar-refractivity contribution in [1.82, 2.24) is 4.90 Å². The summed E-state index contributed by atoms with van der Waals surface area (Å²) in [5.41, 5.74) is 9.59. The molecule has 2 aromatic carbocycles. The van der Waals surface area contributed by atoms with Crippen LogP contribution in [0.5, 0.6) is 5.75 Å². The van der Waals surface area contributed by atoms with Crippen molar-refractivity contribution in [3.63, 3.8) is 0 Å². The average molecular weight is 366 g/mol. The SMILES string of the molecule is COc1cccc2c1C1(CCN(C(=O)Cc3ccc(N)cc3)CC1)OCC2. The van der Waals surface area contributed by atoms with E-state index in [9.17, 15) is 4.79 Å². The highest BCUT2D eigenvalue weighted by Gasteiger charge is 2.43. The normalized spacial score (nSPS) is 18.2. The molecule has 0 aliphatic carbocycles. The Morgan fingerprint density at radius 2 is 1.93 bits per heavy atom. The molecule has 2 aliphatic heterocycles. The summed E-state index contributed by atoms with van der Waals surface area (Å²) in [4.78, 5) is 14.7. The van der Waals surface area contributed by atoms with Crippen molar-refractivity contribution < 1.29 is 14.3 Å². The van der Waals surface area contributed by atoms with Gasteiger partial charge in [-0.25, -0.2) is 0 Å². The Morgan fingerprint density at radius 3 is 2.63 bits per heavy atom. The number of carbonyl (C=O) groups excluding carboxylic acids is 1. The number of likely N-dealkylation sites (tertiary alicyclic amines) is 1. The third-order valence-electron chi connectivity index (χ3n) is 5.80. The number of rotatable bonds is 3. The topological polar surface area (TPSA) is 64.8 Å². The fourth-order valence-electron chi connectivity index (χ4n) is 4.33. The molecule has 142 valence electrons. The number of fused-ring (bicyclic) bond motifs is 2. The Kier molecular flexibility index (Phi) is 4.79. The lowest BCUT2D eigenvalue weighted by atomic mass is 9.78. The standard InChI is InChI=1S/C22H26N2O3/c1-26-19-4-2-3-17-9-14-27-22(21(17)19)10-12-24(13-11-22)20(25)15-16-5-7-18(23)8-6-16/h2-8H,9-15,23H2,1H3. The lowest BCUT2D eigenvalue weighted by Gasteiger charge is -2.45. The van der Waals surface area contributed by atoms with E-state index >= 15 is 0 Å². The first-order chi connectivity index (χ1) is 13.1. The number of nitrogen functional groups attached to an aromatic ring is 1. The number of hydrogen-bond donors (Lipinski definition) is 1. The summed E-state index contributed by atoms with van der Waals surface area (Å²) in [6.07, 6.45) is 2.92. The summed E-state index contributed by atoms with van der Waals surface area (Å²) < 4.78 is 11.9. The zero-order valence-electron chi connectivity index (χ0n) is 15.7. The second-order valence-corrected chi connectivity index (χ2v) is 7.39. The summed E-state index contributed by atoms with van der Waals surface area (Å²) >= 11 is 0. The van der Waals surface area contributed by atoms with E-state index in [2.05, 4.69) is 6.07 Å². The van der Waals surface area contributed by atoms with Crippen LogP contribution in [0.1, 0.15) is 29.5 Å². The van der Waals surface area contributed by atoms with Crippen LogP contribution < -0.4 is 10.5 Å². The van der Waals surface area contributed by atoms with Gasteiger partial charge < -0.3 is 20.1 Å². The summed E-state index contributed by atoms with van der Waals surface area (Å²) in [6.45, 7) is 2.12.